The van der Waals surface area contributed by atoms with E-state index in [2.05, 4.69) is 5.10 Å². The molecular weight excluding hydrogens is 233 g/mol. The lowest BCUT2D eigenvalue weighted by atomic mass is 10.2. The van der Waals surface area contributed by atoms with Crippen LogP contribution in [0.5, 0.6) is 0 Å². The van der Waals surface area contributed by atoms with Crippen molar-refractivity contribution >= 4 is 11.6 Å². The number of aliphatic hydroxyl groups is 1. The second-order valence-corrected chi connectivity index (χ2v) is 3.45. The average molecular weight is 243 g/mol. The van der Waals surface area contributed by atoms with E-state index in [1.54, 1.807) is 6.92 Å². The zero-order valence-electron chi connectivity index (χ0n) is 7.92. The van der Waals surface area contributed by atoms with E-state index in [1.807, 2.05) is 0 Å². The van der Waals surface area contributed by atoms with Gasteiger partial charge in [0.05, 0.1) is 16.9 Å². The highest BCUT2D eigenvalue weighted by atomic mass is 35.5. The van der Waals surface area contributed by atoms with Crippen molar-refractivity contribution in [2.24, 2.45) is 0 Å². The van der Waals surface area contributed by atoms with E-state index < -0.39 is 18.0 Å². The quantitative estimate of drug-likeness (QED) is 0.885. The van der Waals surface area contributed by atoms with Crippen molar-refractivity contribution in [3.05, 3.63) is 16.9 Å². The van der Waals surface area contributed by atoms with Crippen LogP contribution >= 0.6 is 11.6 Å². The van der Waals surface area contributed by atoms with Gasteiger partial charge in [0.2, 0.25) is 0 Å². The van der Waals surface area contributed by atoms with Crippen LogP contribution in [0.3, 0.4) is 0 Å². The van der Waals surface area contributed by atoms with Gasteiger partial charge in [0.25, 0.3) is 0 Å². The molecule has 0 bridgehead atoms. The maximum absolute atomic E-state index is 12.3. The van der Waals surface area contributed by atoms with Crippen molar-refractivity contribution in [3.63, 3.8) is 0 Å². The van der Waals surface area contributed by atoms with Crippen molar-refractivity contribution < 1.29 is 18.3 Å². The van der Waals surface area contributed by atoms with Gasteiger partial charge in [-0.3, -0.25) is 4.68 Å². The molecule has 0 amide bonds. The van der Waals surface area contributed by atoms with Crippen LogP contribution in [-0.2, 0) is 6.54 Å². The fraction of sp³-hybridized carbons (Fsp3) is 0.625. The van der Waals surface area contributed by atoms with Crippen LogP contribution in [0.1, 0.15) is 25.1 Å². The normalized spacial score (nSPS) is 14.3. The van der Waals surface area contributed by atoms with Crippen molar-refractivity contribution in [1.29, 1.82) is 0 Å². The van der Waals surface area contributed by atoms with Crippen LogP contribution in [-0.4, -0.2) is 21.1 Å². The first-order valence-corrected chi connectivity index (χ1v) is 4.71. The summed E-state index contributed by atoms with van der Waals surface area (Å²) in [5, 5.41) is 12.6. The van der Waals surface area contributed by atoms with Crippen LogP contribution in [0.25, 0.3) is 0 Å². The fourth-order valence-corrected chi connectivity index (χ4v) is 1.43. The fourth-order valence-electron chi connectivity index (χ4n) is 1.19. The Morgan fingerprint density at radius 2 is 2.20 bits per heavy atom. The van der Waals surface area contributed by atoms with Gasteiger partial charge in [-0.2, -0.15) is 18.3 Å². The van der Waals surface area contributed by atoms with E-state index in [1.165, 1.54) is 0 Å². The summed E-state index contributed by atoms with van der Waals surface area (Å²) in [5.41, 5.74) is -0.397. The van der Waals surface area contributed by atoms with Crippen LogP contribution in [0.15, 0.2) is 6.20 Å². The Bertz CT molecular complexity index is 337. The van der Waals surface area contributed by atoms with Gasteiger partial charge in [0.15, 0.2) is 6.10 Å². The highest BCUT2D eigenvalue weighted by molar-refractivity contribution is 6.31. The van der Waals surface area contributed by atoms with Gasteiger partial charge < -0.3 is 5.11 Å². The predicted octanol–water partition coefficient (Wildman–Crippen LogP) is 2.54. The number of halogens is 4. The number of alkyl halides is 3. The van der Waals surface area contributed by atoms with Crippen molar-refractivity contribution in [2.45, 2.75) is 32.2 Å². The molecule has 0 saturated carbocycles. The van der Waals surface area contributed by atoms with Gasteiger partial charge in [-0.05, 0) is 6.42 Å². The van der Waals surface area contributed by atoms with E-state index in [-0.39, 0.29) is 11.6 Å². The first-order valence-electron chi connectivity index (χ1n) is 4.34. The maximum Gasteiger partial charge on any atom is 0.420 e. The number of hydrogen-bond donors (Lipinski definition) is 1. The van der Waals surface area contributed by atoms with E-state index in [9.17, 15) is 13.2 Å². The molecule has 1 N–H and O–H groups in total. The van der Waals surface area contributed by atoms with Crippen LogP contribution < -0.4 is 0 Å². The molecule has 0 radical (unpaired) electrons. The monoisotopic (exact) mass is 242 g/mol. The molecule has 1 unspecified atom stereocenters. The van der Waals surface area contributed by atoms with E-state index in [4.69, 9.17) is 16.7 Å². The molecule has 0 spiro atoms. The molecule has 0 aromatic carbocycles. The number of aliphatic hydroxyl groups excluding tert-OH is 1. The van der Waals surface area contributed by atoms with Gasteiger partial charge in [0.1, 0.15) is 0 Å². The molecule has 1 aromatic heterocycles. The molecule has 0 aliphatic heterocycles. The lowest BCUT2D eigenvalue weighted by molar-refractivity contribution is -0.208. The summed E-state index contributed by atoms with van der Waals surface area (Å²) in [6.45, 7) is 2.08. The summed E-state index contributed by atoms with van der Waals surface area (Å²) in [6, 6.07) is 0. The number of nitrogens with zero attached hydrogens (tertiary/aromatic N) is 2. The molecule has 1 rings (SSSR count). The molecule has 7 heteroatoms. The SMILES string of the molecule is CCCn1ncc(Cl)c1C(O)C(F)(F)F. The van der Waals surface area contributed by atoms with Crippen LogP contribution in [0, 0.1) is 0 Å². The third kappa shape index (κ3) is 2.63. The van der Waals surface area contributed by atoms with Gasteiger partial charge in [-0.15, -0.1) is 0 Å². The minimum absolute atomic E-state index is 0.173. The number of hydrogen-bond acceptors (Lipinski definition) is 2. The Kier molecular flexibility index (Phi) is 3.62. The highest BCUT2D eigenvalue weighted by Crippen LogP contribution is 2.35. The summed E-state index contributed by atoms with van der Waals surface area (Å²) in [7, 11) is 0. The van der Waals surface area contributed by atoms with Crippen LogP contribution in [0.2, 0.25) is 5.02 Å². The molecule has 0 fully saturated rings. The van der Waals surface area contributed by atoms with Crippen molar-refractivity contribution in [3.8, 4) is 0 Å². The largest absolute Gasteiger partial charge is 0.420 e. The molecular formula is C8H10ClF3N2O. The van der Waals surface area contributed by atoms with E-state index >= 15 is 0 Å². The molecule has 1 heterocycles. The van der Waals surface area contributed by atoms with E-state index in [0.29, 0.717) is 6.42 Å². The predicted molar refractivity (Wildman–Crippen MR) is 48.5 cm³/mol. The standard InChI is InChI=1S/C8H10ClF3N2O/c1-2-3-14-6(5(9)4-13-14)7(15)8(10,11)12/h4,7,15H,2-3H2,1H3. The molecule has 15 heavy (non-hydrogen) atoms. The Hall–Kier alpha value is -0.750. The van der Waals surface area contributed by atoms with Gasteiger partial charge in [-0.1, -0.05) is 18.5 Å². The molecule has 0 aliphatic rings. The first-order chi connectivity index (χ1) is 6.88. The Morgan fingerprint density at radius 3 is 2.67 bits per heavy atom. The number of aromatic nitrogens is 2. The summed E-state index contributed by atoms with van der Waals surface area (Å²) >= 11 is 5.54. The summed E-state index contributed by atoms with van der Waals surface area (Å²) in [6.07, 6.45) is -5.61. The third-order valence-corrected chi connectivity index (χ3v) is 2.13. The van der Waals surface area contributed by atoms with Crippen molar-refractivity contribution in [1.82, 2.24) is 9.78 Å². The van der Waals surface area contributed by atoms with E-state index in [0.717, 1.165) is 10.9 Å². The summed E-state index contributed by atoms with van der Waals surface area (Å²) < 4.78 is 37.9. The molecule has 1 aromatic rings. The molecule has 1 atom stereocenters. The number of rotatable bonds is 3. The zero-order chi connectivity index (χ0) is 11.6. The lowest BCUT2D eigenvalue weighted by Gasteiger charge is -2.16. The molecule has 0 saturated heterocycles. The van der Waals surface area contributed by atoms with Gasteiger partial charge in [0, 0.05) is 6.54 Å². The van der Waals surface area contributed by atoms with Gasteiger partial charge in [-0.25, -0.2) is 0 Å². The van der Waals surface area contributed by atoms with Gasteiger partial charge >= 0.3 is 6.18 Å². The number of aryl methyl sites for hydroxylation is 1. The smallest absolute Gasteiger partial charge is 0.378 e. The zero-order valence-corrected chi connectivity index (χ0v) is 8.68. The minimum atomic E-state index is -4.73. The summed E-state index contributed by atoms with van der Waals surface area (Å²) in [5.74, 6) is 0. The minimum Gasteiger partial charge on any atom is -0.378 e. The van der Waals surface area contributed by atoms with Crippen LogP contribution in [0.4, 0.5) is 13.2 Å². The lowest BCUT2D eigenvalue weighted by Crippen LogP contribution is -2.23. The molecule has 3 nitrogen and oxygen atoms in total. The molecule has 86 valence electrons. The van der Waals surface area contributed by atoms with Crippen molar-refractivity contribution in [2.75, 3.05) is 0 Å². The Morgan fingerprint density at radius 1 is 1.60 bits per heavy atom. The average Bonchev–Trinajstić information content (AvgIpc) is 2.45. The maximum atomic E-state index is 12.3. The second kappa shape index (κ2) is 4.40. The second-order valence-electron chi connectivity index (χ2n) is 3.05. The third-order valence-electron chi connectivity index (χ3n) is 1.84. The highest BCUT2D eigenvalue weighted by Gasteiger charge is 2.42. The molecule has 0 aliphatic carbocycles. The summed E-state index contributed by atoms with van der Waals surface area (Å²) in [4.78, 5) is 0. The Labute approximate surface area is 89.5 Å². The first kappa shape index (κ1) is 12.3. The topological polar surface area (TPSA) is 38.0 Å². The Balaban J connectivity index is 3.06.